The number of nitrogens with one attached hydrogen (secondary N) is 1. The van der Waals surface area contributed by atoms with E-state index in [1.165, 1.54) is 17.7 Å². The number of aliphatic hydroxyl groups is 1. The number of hydrogen-bond acceptors (Lipinski definition) is 5. The first-order valence-corrected chi connectivity index (χ1v) is 7.67. The van der Waals surface area contributed by atoms with Crippen molar-refractivity contribution in [1.29, 1.82) is 0 Å². The van der Waals surface area contributed by atoms with Gasteiger partial charge in [-0.1, -0.05) is 0 Å². The molecule has 0 unspecified atom stereocenters. The highest BCUT2D eigenvalue weighted by atomic mass is 32.1. The standard InChI is InChI=1S/C14H19N3O3S/c1-8(2)17(5-4-6-18)14(20)11-9(3)10-12(19)15-7-16-13(10)21-11/h7-8,18H,4-6H2,1-3H3,(H,15,16,19). The van der Waals surface area contributed by atoms with E-state index in [0.29, 0.717) is 33.6 Å². The van der Waals surface area contributed by atoms with Gasteiger partial charge in [-0.25, -0.2) is 4.98 Å². The van der Waals surface area contributed by atoms with Crippen LogP contribution in [0.5, 0.6) is 0 Å². The van der Waals surface area contributed by atoms with Crippen LogP contribution >= 0.6 is 11.3 Å². The zero-order chi connectivity index (χ0) is 15.6. The van der Waals surface area contributed by atoms with E-state index in [-0.39, 0.29) is 24.1 Å². The zero-order valence-corrected chi connectivity index (χ0v) is 13.2. The molecule has 2 heterocycles. The van der Waals surface area contributed by atoms with Gasteiger partial charge in [0.2, 0.25) is 0 Å². The third kappa shape index (κ3) is 2.98. The molecule has 0 aromatic carbocycles. The maximum atomic E-state index is 12.7. The summed E-state index contributed by atoms with van der Waals surface area (Å²) in [5, 5.41) is 9.45. The molecule has 21 heavy (non-hydrogen) atoms. The second kappa shape index (κ2) is 6.36. The molecule has 0 saturated heterocycles. The lowest BCUT2D eigenvalue weighted by atomic mass is 10.2. The largest absolute Gasteiger partial charge is 0.396 e. The summed E-state index contributed by atoms with van der Waals surface area (Å²) in [4.78, 5) is 34.1. The molecule has 0 fully saturated rings. The van der Waals surface area contributed by atoms with Crippen molar-refractivity contribution in [1.82, 2.24) is 14.9 Å². The van der Waals surface area contributed by atoms with Gasteiger partial charge in [-0.15, -0.1) is 11.3 Å². The predicted octanol–water partition coefficient (Wildman–Crippen LogP) is 1.53. The van der Waals surface area contributed by atoms with E-state index in [1.54, 1.807) is 11.8 Å². The van der Waals surface area contributed by atoms with Crippen molar-refractivity contribution < 1.29 is 9.90 Å². The van der Waals surface area contributed by atoms with Crippen molar-refractivity contribution in [2.75, 3.05) is 13.2 Å². The lowest BCUT2D eigenvalue weighted by Crippen LogP contribution is -2.38. The Hall–Kier alpha value is -1.73. The molecule has 7 heteroatoms. The van der Waals surface area contributed by atoms with Gasteiger partial charge in [-0.05, 0) is 32.8 Å². The van der Waals surface area contributed by atoms with E-state index in [4.69, 9.17) is 5.11 Å². The van der Waals surface area contributed by atoms with Crippen LogP contribution in [0.15, 0.2) is 11.1 Å². The molecule has 0 atom stereocenters. The van der Waals surface area contributed by atoms with Gasteiger partial charge in [-0.3, -0.25) is 9.59 Å². The van der Waals surface area contributed by atoms with Crippen molar-refractivity contribution in [3.05, 3.63) is 27.1 Å². The van der Waals surface area contributed by atoms with Gasteiger partial charge in [0.25, 0.3) is 11.5 Å². The highest BCUT2D eigenvalue weighted by molar-refractivity contribution is 7.20. The molecule has 0 aliphatic carbocycles. The van der Waals surface area contributed by atoms with E-state index >= 15 is 0 Å². The van der Waals surface area contributed by atoms with Gasteiger partial charge in [0, 0.05) is 19.2 Å². The molecule has 2 rings (SSSR count). The number of aliphatic hydroxyl groups excluding tert-OH is 1. The second-order valence-electron chi connectivity index (χ2n) is 5.14. The molecule has 0 aliphatic heterocycles. The van der Waals surface area contributed by atoms with Crippen LogP contribution in [0, 0.1) is 6.92 Å². The molecule has 2 aromatic rings. The molecule has 2 N–H and O–H groups in total. The minimum absolute atomic E-state index is 0.0277. The molecule has 2 aromatic heterocycles. The first-order chi connectivity index (χ1) is 9.97. The number of aromatic amines is 1. The van der Waals surface area contributed by atoms with Gasteiger partial charge in [0.05, 0.1) is 16.6 Å². The Balaban J connectivity index is 2.45. The monoisotopic (exact) mass is 309 g/mol. The molecular formula is C14H19N3O3S. The number of carbonyl (C=O) groups is 1. The third-order valence-electron chi connectivity index (χ3n) is 3.37. The summed E-state index contributed by atoms with van der Waals surface area (Å²) in [7, 11) is 0. The lowest BCUT2D eigenvalue weighted by molar-refractivity contribution is 0.0697. The van der Waals surface area contributed by atoms with E-state index in [1.807, 2.05) is 13.8 Å². The molecule has 0 spiro atoms. The fourth-order valence-corrected chi connectivity index (χ4v) is 3.35. The van der Waals surface area contributed by atoms with Crippen LogP contribution in [-0.2, 0) is 0 Å². The Morgan fingerprint density at radius 2 is 2.24 bits per heavy atom. The Morgan fingerprint density at radius 3 is 2.81 bits per heavy atom. The van der Waals surface area contributed by atoms with Gasteiger partial charge < -0.3 is 15.0 Å². The predicted molar refractivity (Wildman–Crippen MR) is 82.9 cm³/mol. The summed E-state index contributed by atoms with van der Waals surface area (Å²) in [6, 6.07) is 0.0277. The van der Waals surface area contributed by atoms with Crippen molar-refractivity contribution in [3.8, 4) is 0 Å². The summed E-state index contributed by atoms with van der Waals surface area (Å²) < 4.78 is 0. The quantitative estimate of drug-likeness (QED) is 0.877. The SMILES string of the molecule is Cc1c(C(=O)N(CCCO)C(C)C)sc2nc[nH]c(=O)c12. The van der Waals surface area contributed by atoms with Crippen LogP contribution in [0.2, 0.25) is 0 Å². The number of fused-ring (bicyclic) bond motifs is 1. The number of nitrogens with zero attached hydrogens (tertiary/aromatic N) is 2. The molecule has 114 valence electrons. The summed E-state index contributed by atoms with van der Waals surface area (Å²) in [5.41, 5.74) is 0.447. The molecule has 0 aliphatic rings. The van der Waals surface area contributed by atoms with Crippen LogP contribution in [0.3, 0.4) is 0 Å². The zero-order valence-electron chi connectivity index (χ0n) is 12.3. The van der Waals surface area contributed by atoms with Crippen molar-refractivity contribution in [2.45, 2.75) is 33.2 Å². The highest BCUT2D eigenvalue weighted by Crippen LogP contribution is 2.28. The number of hydrogen-bond donors (Lipinski definition) is 2. The molecule has 0 radical (unpaired) electrons. The first kappa shape index (κ1) is 15.7. The van der Waals surface area contributed by atoms with Gasteiger partial charge in [-0.2, -0.15) is 0 Å². The Kier molecular flexibility index (Phi) is 4.74. The van der Waals surface area contributed by atoms with Crippen molar-refractivity contribution in [2.24, 2.45) is 0 Å². The number of amides is 1. The number of thiophene rings is 1. The minimum Gasteiger partial charge on any atom is -0.396 e. The molecule has 6 nitrogen and oxygen atoms in total. The molecule has 0 bridgehead atoms. The second-order valence-corrected chi connectivity index (χ2v) is 6.14. The van der Waals surface area contributed by atoms with E-state index in [0.717, 1.165) is 0 Å². The Morgan fingerprint density at radius 1 is 1.52 bits per heavy atom. The van der Waals surface area contributed by atoms with Gasteiger partial charge in [0.1, 0.15) is 4.83 Å². The van der Waals surface area contributed by atoms with E-state index in [2.05, 4.69) is 9.97 Å². The fraction of sp³-hybridized carbons (Fsp3) is 0.500. The summed E-state index contributed by atoms with van der Waals surface area (Å²) in [6.07, 6.45) is 1.88. The average molecular weight is 309 g/mol. The number of aromatic nitrogens is 2. The molecule has 0 saturated carbocycles. The number of carbonyl (C=O) groups excluding carboxylic acids is 1. The summed E-state index contributed by atoms with van der Waals surface area (Å²) in [6.45, 7) is 6.17. The Labute approximate surface area is 126 Å². The van der Waals surface area contributed by atoms with Crippen molar-refractivity contribution >= 4 is 27.5 Å². The Bertz CT molecular complexity index is 705. The van der Waals surface area contributed by atoms with Crippen LogP contribution < -0.4 is 5.56 Å². The normalized spacial score (nSPS) is 11.3. The maximum absolute atomic E-state index is 12.7. The van der Waals surface area contributed by atoms with E-state index in [9.17, 15) is 9.59 Å². The smallest absolute Gasteiger partial charge is 0.264 e. The number of H-pyrrole nitrogens is 1. The van der Waals surface area contributed by atoms with Crippen LogP contribution in [0.25, 0.3) is 10.2 Å². The third-order valence-corrected chi connectivity index (χ3v) is 4.56. The highest BCUT2D eigenvalue weighted by Gasteiger charge is 2.24. The fourth-order valence-electron chi connectivity index (χ4n) is 2.25. The van der Waals surface area contributed by atoms with Gasteiger partial charge in [0.15, 0.2) is 0 Å². The summed E-state index contributed by atoms with van der Waals surface area (Å²) >= 11 is 1.24. The lowest BCUT2D eigenvalue weighted by Gasteiger charge is -2.26. The minimum atomic E-state index is -0.223. The maximum Gasteiger partial charge on any atom is 0.264 e. The topological polar surface area (TPSA) is 86.3 Å². The van der Waals surface area contributed by atoms with Crippen LogP contribution in [-0.4, -0.2) is 45.1 Å². The van der Waals surface area contributed by atoms with Crippen molar-refractivity contribution in [3.63, 3.8) is 0 Å². The van der Waals surface area contributed by atoms with Crippen LogP contribution in [0.4, 0.5) is 0 Å². The molecule has 1 amide bonds. The number of aryl methyl sites for hydroxylation is 1. The number of rotatable bonds is 5. The molecular weight excluding hydrogens is 290 g/mol. The summed E-state index contributed by atoms with van der Waals surface area (Å²) in [5.74, 6) is -0.113. The van der Waals surface area contributed by atoms with E-state index < -0.39 is 0 Å². The first-order valence-electron chi connectivity index (χ1n) is 6.86. The van der Waals surface area contributed by atoms with Crippen LogP contribution in [0.1, 0.15) is 35.5 Å². The average Bonchev–Trinajstić information content (AvgIpc) is 2.77. The van der Waals surface area contributed by atoms with Gasteiger partial charge >= 0.3 is 0 Å².